The van der Waals surface area contributed by atoms with Gasteiger partial charge in [-0.15, -0.1) is 0 Å². The Balaban J connectivity index is 2.44. The lowest BCUT2D eigenvalue weighted by Crippen LogP contribution is -2.17. The summed E-state index contributed by atoms with van der Waals surface area (Å²) in [5.74, 6) is 0.830. The van der Waals surface area contributed by atoms with Crippen molar-refractivity contribution in [2.45, 2.75) is 13.3 Å². The highest BCUT2D eigenvalue weighted by Gasteiger charge is 2.17. The van der Waals surface area contributed by atoms with E-state index in [-0.39, 0.29) is 0 Å². The molecule has 1 saturated heterocycles. The van der Waals surface area contributed by atoms with E-state index in [1.54, 1.807) is 0 Å². The van der Waals surface area contributed by atoms with E-state index in [2.05, 4.69) is 25.0 Å². The molecule has 10 heavy (non-hydrogen) atoms. The van der Waals surface area contributed by atoms with Crippen molar-refractivity contribution in [1.29, 1.82) is 0 Å². The molecule has 56 valence electrons. The minimum Gasteiger partial charge on any atom is -0.372 e. The zero-order valence-electron chi connectivity index (χ0n) is 6.64. The summed E-state index contributed by atoms with van der Waals surface area (Å²) in [6, 6.07) is 0. The Morgan fingerprint density at radius 2 is 2.40 bits per heavy atom. The molecule has 1 fully saturated rings. The van der Waals surface area contributed by atoms with Crippen LogP contribution in [0.3, 0.4) is 0 Å². The number of rotatable bonds is 2. The van der Waals surface area contributed by atoms with E-state index in [1.807, 2.05) is 6.08 Å². The average Bonchev–Trinajstić information content (AvgIpc) is 2.34. The maximum absolute atomic E-state index is 3.90. The van der Waals surface area contributed by atoms with Crippen LogP contribution in [0.1, 0.15) is 13.3 Å². The van der Waals surface area contributed by atoms with E-state index >= 15 is 0 Å². The molecule has 0 saturated carbocycles. The molecule has 1 heteroatoms. The lowest BCUT2D eigenvalue weighted by molar-refractivity contribution is 0.425. The lowest BCUT2D eigenvalue weighted by Gasteiger charge is -2.17. The number of allylic oxidation sites excluding steroid dienone is 1. The van der Waals surface area contributed by atoms with Gasteiger partial charge in [0.1, 0.15) is 0 Å². The Morgan fingerprint density at radius 1 is 1.70 bits per heavy atom. The molecule has 1 heterocycles. The summed E-state index contributed by atoms with van der Waals surface area (Å²) in [7, 11) is 0. The average molecular weight is 137 g/mol. The minimum absolute atomic E-state index is 0.830. The van der Waals surface area contributed by atoms with Crippen molar-refractivity contribution in [2.24, 2.45) is 5.92 Å². The number of nitrogens with zero attached hydrogens (tertiary/aromatic N) is 1. The Morgan fingerprint density at radius 3 is 2.80 bits per heavy atom. The van der Waals surface area contributed by atoms with Gasteiger partial charge in [0.15, 0.2) is 0 Å². The topological polar surface area (TPSA) is 3.24 Å². The van der Waals surface area contributed by atoms with Gasteiger partial charge in [0.25, 0.3) is 0 Å². The molecule has 0 aromatic heterocycles. The van der Waals surface area contributed by atoms with E-state index < -0.39 is 0 Å². The molecule has 1 aliphatic rings. The summed E-state index contributed by atoms with van der Waals surface area (Å²) in [6.07, 6.45) is 3.13. The van der Waals surface area contributed by atoms with E-state index in [0.717, 1.165) is 24.7 Å². The van der Waals surface area contributed by atoms with Gasteiger partial charge < -0.3 is 4.90 Å². The van der Waals surface area contributed by atoms with Crippen LogP contribution in [0.2, 0.25) is 0 Å². The van der Waals surface area contributed by atoms with Gasteiger partial charge in [-0.05, 0) is 18.4 Å². The molecule has 1 nitrogen and oxygen atoms in total. The maximum Gasteiger partial charge on any atom is 0.0287 e. The summed E-state index contributed by atoms with van der Waals surface area (Å²) in [5, 5.41) is 0. The predicted octanol–water partition coefficient (Wildman–Crippen LogP) is 2.03. The van der Waals surface area contributed by atoms with Crippen LogP contribution < -0.4 is 0 Å². The highest BCUT2D eigenvalue weighted by molar-refractivity contribution is 5.11. The van der Waals surface area contributed by atoms with Crippen LogP contribution >= 0.6 is 0 Å². The largest absolute Gasteiger partial charge is 0.372 e. The molecule has 1 rings (SSSR count). The molecule has 0 amide bonds. The molecule has 0 radical (unpaired) electrons. The third-order valence-electron chi connectivity index (χ3n) is 2.07. The number of likely N-dealkylation sites (tertiary alicyclic amines) is 1. The second-order valence-electron chi connectivity index (χ2n) is 3.04. The van der Waals surface area contributed by atoms with Crippen LogP contribution in [0, 0.1) is 5.92 Å². The van der Waals surface area contributed by atoms with E-state index in [4.69, 9.17) is 0 Å². The van der Waals surface area contributed by atoms with Crippen molar-refractivity contribution in [3.63, 3.8) is 0 Å². The van der Waals surface area contributed by atoms with Crippen molar-refractivity contribution in [2.75, 3.05) is 13.1 Å². The summed E-state index contributed by atoms with van der Waals surface area (Å²) in [6.45, 7) is 12.2. The molecule has 0 aromatic rings. The molecule has 0 bridgehead atoms. The third kappa shape index (κ3) is 1.41. The fourth-order valence-corrected chi connectivity index (χ4v) is 1.32. The van der Waals surface area contributed by atoms with Crippen LogP contribution in [0.5, 0.6) is 0 Å². The SMILES string of the molecule is C=CC(=C)N1CC[C@H](C)C1. The maximum atomic E-state index is 3.90. The fourth-order valence-electron chi connectivity index (χ4n) is 1.32. The standard InChI is InChI=1S/C9H15N/c1-4-9(3)10-6-5-8(2)7-10/h4,8H,1,3,5-7H2,2H3/t8-/m0/s1. The molecule has 0 unspecified atom stereocenters. The first-order valence-corrected chi connectivity index (χ1v) is 3.80. The quantitative estimate of drug-likeness (QED) is 0.526. The van der Waals surface area contributed by atoms with Crippen molar-refractivity contribution in [1.82, 2.24) is 4.90 Å². The highest BCUT2D eigenvalue weighted by atomic mass is 15.1. The number of hydrogen-bond acceptors (Lipinski definition) is 1. The summed E-state index contributed by atoms with van der Waals surface area (Å²) in [5.41, 5.74) is 1.07. The van der Waals surface area contributed by atoms with Crippen LogP contribution in [0.4, 0.5) is 0 Å². The summed E-state index contributed by atoms with van der Waals surface area (Å²) < 4.78 is 0. The monoisotopic (exact) mass is 137 g/mol. The van der Waals surface area contributed by atoms with Gasteiger partial charge in [-0.3, -0.25) is 0 Å². The van der Waals surface area contributed by atoms with Crippen LogP contribution in [0.25, 0.3) is 0 Å². The molecule has 1 aliphatic heterocycles. The predicted molar refractivity (Wildman–Crippen MR) is 44.7 cm³/mol. The molecular weight excluding hydrogens is 122 g/mol. The zero-order chi connectivity index (χ0) is 7.56. The van der Waals surface area contributed by atoms with Crippen LogP contribution in [-0.4, -0.2) is 18.0 Å². The van der Waals surface area contributed by atoms with Crippen LogP contribution in [-0.2, 0) is 0 Å². The molecular formula is C9H15N. The Kier molecular flexibility index (Phi) is 2.15. The second-order valence-corrected chi connectivity index (χ2v) is 3.04. The normalized spacial score (nSPS) is 24.9. The van der Waals surface area contributed by atoms with Crippen LogP contribution in [0.15, 0.2) is 24.9 Å². The smallest absolute Gasteiger partial charge is 0.0287 e. The number of hydrogen-bond donors (Lipinski definition) is 0. The molecule has 0 spiro atoms. The van der Waals surface area contributed by atoms with Gasteiger partial charge in [-0.2, -0.15) is 0 Å². The minimum atomic E-state index is 0.830. The van der Waals surface area contributed by atoms with Gasteiger partial charge in [0.05, 0.1) is 0 Å². The fraction of sp³-hybridized carbons (Fsp3) is 0.556. The van der Waals surface area contributed by atoms with Gasteiger partial charge in [-0.25, -0.2) is 0 Å². The highest BCUT2D eigenvalue weighted by Crippen LogP contribution is 2.18. The van der Waals surface area contributed by atoms with E-state index in [9.17, 15) is 0 Å². The van der Waals surface area contributed by atoms with Gasteiger partial charge in [0, 0.05) is 18.8 Å². The van der Waals surface area contributed by atoms with Gasteiger partial charge >= 0.3 is 0 Å². The first-order valence-electron chi connectivity index (χ1n) is 3.80. The molecule has 0 aromatic carbocycles. The van der Waals surface area contributed by atoms with Crippen molar-refractivity contribution in [3.8, 4) is 0 Å². The van der Waals surface area contributed by atoms with Crippen molar-refractivity contribution < 1.29 is 0 Å². The van der Waals surface area contributed by atoms with Crippen molar-refractivity contribution >= 4 is 0 Å². The first kappa shape index (κ1) is 7.39. The summed E-state index contributed by atoms with van der Waals surface area (Å²) in [4.78, 5) is 2.29. The Bertz CT molecular complexity index is 149. The van der Waals surface area contributed by atoms with Crippen molar-refractivity contribution in [3.05, 3.63) is 24.9 Å². The van der Waals surface area contributed by atoms with E-state index in [0.29, 0.717) is 0 Å². The Hall–Kier alpha value is -0.720. The molecule has 0 aliphatic carbocycles. The first-order chi connectivity index (χ1) is 4.74. The molecule has 1 atom stereocenters. The van der Waals surface area contributed by atoms with Gasteiger partial charge in [-0.1, -0.05) is 20.1 Å². The second kappa shape index (κ2) is 2.91. The molecule has 0 N–H and O–H groups in total. The van der Waals surface area contributed by atoms with Gasteiger partial charge in [0.2, 0.25) is 0 Å². The lowest BCUT2D eigenvalue weighted by atomic mass is 10.2. The Labute approximate surface area is 63.0 Å². The van der Waals surface area contributed by atoms with E-state index in [1.165, 1.54) is 6.42 Å². The third-order valence-corrected chi connectivity index (χ3v) is 2.07. The summed E-state index contributed by atoms with van der Waals surface area (Å²) >= 11 is 0. The zero-order valence-corrected chi connectivity index (χ0v) is 6.64.